The van der Waals surface area contributed by atoms with Crippen molar-refractivity contribution >= 4 is 17.2 Å². The van der Waals surface area contributed by atoms with E-state index in [2.05, 4.69) is 16.5 Å². The van der Waals surface area contributed by atoms with Gasteiger partial charge in [-0.3, -0.25) is 10.1 Å². The number of rotatable bonds is 7. The lowest BCUT2D eigenvalue weighted by atomic mass is 10.1. The Labute approximate surface area is 166 Å². The zero-order chi connectivity index (χ0) is 21.0. The monoisotopic (exact) mass is 394 g/mol. The Kier molecular flexibility index (Phi) is 5.74. The highest BCUT2D eigenvalue weighted by Crippen LogP contribution is 2.26. The molecule has 0 bridgehead atoms. The van der Waals surface area contributed by atoms with E-state index >= 15 is 0 Å². The summed E-state index contributed by atoms with van der Waals surface area (Å²) in [6.07, 6.45) is 1.04. The largest absolute Gasteiger partial charge is 0.382 e. The van der Waals surface area contributed by atoms with Gasteiger partial charge in [0.15, 0.2) is 0 Å². The first-order chi connectivity index (χ1) is 13.9. The van der Waals surface area contributed by atoms with Gasteiger partial charge in [-0.15, -0.1) is 0 Å². The van der Waals surface area contributed by atoms with Crippen molar-refractivity contribution in [2.24, 2.45) is 0 Å². The number of benzene rings is 2. The first kappa shape index (κ1) is 19.8. The third-order valence-corrected chi connectivity index (χ3v) is 4.43. The maximum Gasteiger partial charge on any atom is 0.292 e. The van der Waals surface area contributed by atoms with Crippen LogP contribution < -0.4 is 11.1 Å². The fourth-order valence-corrected chi connectivity index (χ4v) is 2.98. The van der Waals surface area contributed by atoms with E-state index in [-0.39, 0.29) is 22.9 Å². The van der Waals surface area contributed by atoms with E-state index in [0.29, 0.717) is 36.5 Å². The molecule has 9 heteroatoms. The Hall–Kier alpha value is -3.93. The summed E-state index contributed by atoms with van der Waals surface area (Å²) in [4.78, 5) is 10.8. The normalized spacial score (nSPS) is 10.5. The van der Waals surface area contributed by atoms with Gasteiger partial charge in [-0.2, -0.15) is 10.4 Å². The van der Waals surface area contributed by atoms with Crippen molar-refractivity contribution in [3.63, 3.8) is 0 Å². The molecule has 0 atom stereocenters. The van der Waals surface area contributed by atoms with Gasteiger partial charge < -0.3 is 11.1 Å². The highest BCUT2D eigenvalue weighted by molar-refractivity contribution is 5.62. The van der Waals surface area contributed by atoms with Crippen molar-refractivity contribution in [3.05, 3.63) is 75.2 Å². The Bertz CT molecular complexity index is 1090. The molecule has 0 aliphatic carbocycles. The second kappa shape index (κ2) is 8.39. The Morgan fingerprint density at radius 3 is 2.69 bits per heavy atom. The Morgan fingerprint density at radius 2 is 2.03 bits per heavy atom. The molecular weight excluding hydrogens is 375 g/mol. The van der Waals surface area contributed by atoms with Gasteiger partial charge in [0.1, 0.15) is 29.0 Å². The van der Waals surface area contributed by atoms with Gasteiger partial charge in [0, 0.05) is 12.6 Å². The molecule has 0 amide bonds. The molecule has 0 aliphatic rings. The van der Waals surface area contributed by atoms with Gasteiger partial charge in [0.25, 0.3) is 5.69 Å². The molecule has 0 spiro atoms. The third-order valence-electron chi connectivity index (χ3n) is 4.43. The van der Waals surface area contributed by atoms with E-state index in [9.17, 15) is 19.8 Å². The standard InChI is InChI=1S/C20H19FN6O2/c1-13-4-9-18(19(11-13)27(28)29)24-10-2-3-17-16(12-22)20(23)26(25-17)15-7-5-14(21)6-8-15/h4-9,11,24H,2-3,10,23H2,1H3. The van der Waals surface area contributed by atoms with Crippen LogP contribution in [0, 0.1) is 34.2 Å². The van der Waals surface area contributed by atoms with E-state index < -0.39 is 4.92 Å². The molecule has 0 radical (unpaired) electrons. The van der Waals surface area contributed by atoms with Gasteiger partial charge in [0.05, 0.1) is 16.3 Å². The van der Waals surface area contributed by atoms with Crippen LogP contribution in [0.15, 0.2) is 42.5 Å². The summed E-state index contributed by atoms with van der Waals surface area (Å²) in [7, 11) is 0. The number of nitro benzene ring substituents is 1. The molecule has 3 rings (SSSR count). The maximum atomic E-state index is 13.1. The first-order valence-corrected chi connectivity index (χ1v) is 8.93. The number of nitrogen functional groups attached to an aromatic ring is 1. The maximum absolute atomic E-state index is 13.1. The highest BCUT2D eigenvalue weighted by Gasteiger charge is 2.17. The summed E-state index contributed by atoms with van der Waals surface area (Å²) < 4.78 is 14.5. The van der Waals surface area contributed by atoms with Crippen LogP contribution in [0.3, 0.4) is 0 Å². The SMILES string of the molecule is Cc1ccc(NCCCc2nn(-c3ccc(F)cc3)c(N)c2C#N)c([N+](=O)[O-])c1. The zero-order valence-electron chi connectivity index (χ0n) is 15.7. The summed E-state index contributed by atoms with van der Waals surface area (Å²) in [5.41, 5.74) is 8.66. The molecule has 1 heterocycles. The molecule has 0 aliphatic heterocycles. The van der Waals surface area contributed by atoms with E-state index in [1.165, 1.54) is 35.0 Å². The number of nitriles is 1. The van der Waals surface area contributed by atoms with Gasteiger partial charge >= 0.3 is 0 Å². The van der Waals surface area contributed by atoms with Crippen LogP contribution in [-0.2, 0) is 6.42 Å². The van der Waals surface area contributed by atoms with Crippen molar-refractivity contribution < 1.29 is 9.31 Å². The molecular formula is C20H19FN6O2. The van der Waals surface area contributed by atoms with Gasteiger partial charge in [0.2, 0.25) is 0 Å². The number of aryl methyl sites for hydroxylation is 2. The highest BCUT2D eigenvalue weighted by atomic mass is 19.1. The van der Waals surface area contributed by atoms with Crippen LogP contribution in [0.5, 0.6) is 0 Å². The number of nitrogens with zero attached hydrogens (tertiary/aromatic N) is 4. The van der Waals surface area contributed by atoms with Crippen molar-refractivity contribution in [1.82, 2.24) is 9.78 Å². The minimum atomic E-state index is -0.422. The van der Waals surface area contributed by atoms with Crippen LogP contribution in [0.1, 0.15) is 23.2 Å². The second-order valence-corrected chi connectivity index (χ2v) is 6.52. The van der Waals surface area contributed by atoms with Gasteiger partial charge in [-0.05, 0) is 55.7 Å². The minimum Gasteiger partial charge on any atom is -0.382 e. The smallest absolute Gasteiger partial charge is 0.292 e. The van der Waals surface area contributed by atoms with Crippen LogP contribution >= 0.6 is 0 Å². The molecule has 8 nitrogen and oxygen atoms in total. The Balaban J connectivity index is 1.70. The van der Waals surface area contributed by atoms with Gasteiger partial charge in [-0.25, -0.2) is 9.07 Å². The van der Waals surface area contributed by atoms with Crippen molar-refractivity contribution in [2.45, 2.75) is 19.8 Å². The number of nitrogens with two attached hydrogens (primary N) is 1. The summed E-state index contributed by atoms with van der Waals surface area (Å²) in [6, 6.07) is 12.7. The molecule has 3 aromatic rings. The molecule has 0 unspecified atom stereocenters. The lowest BCUT2D eigenvalue weighted by molar-refractivity contribution is -0.384. The number of hydrogen-bond acceptors (Lipinski definition) is 6. The van der Waals surface area contributed by atoms with Crippen LogP contribution in [-0.4, -0.2) is 21.2 Å². The predicted molar refractivity (Wildman–Crippen MR) is 107 cm³/mol. The number of hydrogen-bond donors (Lipinski definition) is 2. The molecule has 0 fully saturated rings. The number of anilines is 2. The van der Waals surface area contributed by atoms with Crippen LogP contribution in [0.4, 0.5) is 21.6 Å². The summed E-state index contributed by atoms with van der Waals surface area (Å²) in [5.74, 6) is -0.187. The lowest BCUT2D eigenvalue weighted by Crippen LogP contribution is -2.06. The van der Waals surface area contributed by atoms with Crippen molar-refractivity contribution in [3.8, 4) is 11.8 Å². The third kappa shape index (κ3) is 4.32. The van der Waals surface area contributed by atoms with E-state index in [1.807, 2.05) is 0 Å². The number of aromatic nitrogens is 2. The van der Waals surface area contributed by atoms with E-state index in [0.717, 1.165) is 5.56 Å². The second-order valence-electron chi connectivity index (χ2n) is 6.52. The Morgan fingerprint density at radius 1 is 1.31 bits per heavy atom. The molecule has 29 heavy (non-hydrogen) atoms. The quantitative estimate of drug-likeness (QED) is 0.358. The van der Waals surface area contributed by atoms with Crippen LogP contribution in [0.2, 0.25) is 0 Å². The first-order valence-electron chi connectivity index (χ1n) is 8.93. The fraction of sp³-hybridized carbons (Fsp3) is 0.200. The molecule has 1 aromatic heterocycles. The topological polar surface area (TPSA) is 123 Å². The number of nitro groups is 1. The molecule has 0 saturated carbocycles. The molecule has 0 saturated heterocycles. The lowest BCUT2D eigenvalue weighted by Gasteiger charge is -2.07. The minimum absolute atomic E-state index is 0.0209. The number of halogens is 1. The average molecular weight is 394 g/mol. The van der Waals surface area contributed by atoms with Gasteiger partial charge in [-0.1, -0.05) is 6.07 Å². The zero-order valence-corrected chi connectivity index (χ0v) is 15.7. The molecule has 3 N–H and O–H groups in total. The summed E-state index contributed by atoms with van der Waals surface area (Å²) in [5, 5.41) is 28.1. The number of nitrogens with one attached hydrogen (secondary N) is 1. The predicted octanol–water partition coefficient (Wildman–Crippen LogP) is 3.73. The van der Waals surface area contributed by atoms with Crippen LogP contribution in [0.25, 0.3) is 5.69 Å². The van der Waals surface area contributed by atoms with E-state index in [4.69, 9.17) is 5.73 Å². The average Bonchev–Trinajstić information content (AvgIpc) is 3.02. The van der Waals surface area contributed by atoms with Crippen molar-refractivity contribution in [1.29, 1.82) is 5.26 Å². The molecule has 2 aromatic carbocycles. The summed E-state index contributed by atoms with van der Waals surface area (Å²) >= 11 is 0. The van der Waals surface area contributed by atoms with Crippen molar-refractivity contribution in [2.75, 3.05) is 17.6 Å². The fourth-order valence-electron chi connectivity index (χ4n) is 2.98. The summed E-state index contributed by atoms with van der Waals surface area (Å²) in [6.45, 7) is 2.25. The van der Waals surface area contributed by atoms with E-state index in [1.54, 1.807) is 19.1 Å². The molecule has 148 valence electrons.